The Morgan fingerprint density at radius 3 is 2.14 bits per heavy atom. The van der Waals surface area contributed by atoms with Gasteiger partial charge >= 0.3 is 11.9 Å². The minimum absolute atomic E-state index is 0.00513. The number of H-pyrrole nitrogens is 1. The van der Waals surface area contributed by atoms with Gasteiger partial charge in [0.05, 0.1) is 12.5 Å². The second kappa shape index (κ2) is 14.8. The SMILES string of the molecule is CCC(C)C(NC(=O)C(Cc1c[nH]c2ccccc12)NC(=O)C(N)CC(=O)O)C(=O)NC(Cc1ccc(O)cc1)C(=O)O. The van der Waals surface area contributed by atoms with Gasteiger partial charge < -0.3 is 42.0 Å². The molecular formula is C30H37N5O8. The highest BCUT2D eigenvalue weighted by molar-refractivity contribution is 5.95. The second-order valence-corrected chi connectivity index (χ2v) is 10.5. The van der Waals surface area contributed by atoms with Crippen molar-refractivity contribution in [2.45, 2.75) is 63.7 Å². The van der Waals surface area contributed by atoms with Crippen LogP contribution in [0.4, 0.5) is 0 Å². The molecular weight excluding hydrogens is 558 g/mol. The van der Waals surface area contributed by atoms with Crippen molar-refractivity contribution in [3.8, 4) is 5.75 Å². The maximum absolute atomic E-state index is 13.7. The Morgan fingerprint density at radius 2 is 1.51 bits per heavy atom. The summed E-state index contributed by atoms with van der Waals surface area (Å²) in [6.07, 6.45) is 1.42. The maximum Gasteiger partial charge on any atom is 0.326 e. The number of carboxylic acid groups (broad SMARTS) is 2. The molecule has 0 radical (unpaired) electrons. The van der Waals surface area contributed by atoms with E-state index in [1.807, 2.05) is 24.3 Å². The number of nitrogens with one attached hydrogen (secondary N) is 4. The zero-order valence-corrected chi connectivity index (χ0v) is 23.9. The van der Waals surface area contributed by atoms with Crippen molar-refractivity contribution >= 4 is 40.6 Å². The molecule has 1 aromatic heterocycles. The van der Waals surface area contributed by atoms with Gasteiger partial charge in [0.15, 0.2) is 0 Å². The van der Waals surface area contributed by atoms with Crippen LogP contribution in [-0.4, -0.2) is 74.1 Å². The Kier molecular flexibility index (Phi) is 11.2. The van der Waals surface area contributed by atoms with Gasteiger partial charge in [0, 0.05) is 29.9 Å². The van der Waals surface area contributed by atoms with Gasteiger partial charge in [0.1, 0.15) is 23.9 Å². The number of phenolic OH excluding ortho intramolecular Hbond substituents is 1. The summed E-state index contributed by atoms with van der Waals surface area (Å²) in [7, 11) is 0. The molecule has 3 aromatic rings. The normalized spacial score (nSPS) is 14.6. The van der Waals surface area contributed by atoms with E-state index in [2.05, 4.69) is 20.9 Å². The molecule has 0 bridgehead atoms. The molecule has 13 nitrogen and oxygen atoms in total. The van der Waals surface area contributed by atoms with E-state index >= 15 is 0 Å². The minimum Gasteiger partial charge on any atom is -0.508 e. The van der Waals surface area contributed by atoms with Crippen LogP contribution in [0.25, 0.3) is 10.9 Å². The lowest BCUT2D eigenvalue weighted by molar-refractivity contribution is -0.142. The van der Waals surface area contributed by atoms with E-state index in [9.17, 15) is 34.2 Å². The number of nitrogens with two attached hydrogens (primary N) is 1. The van der Waals surface area contributed by atoms with E-state index < -0.39 is 66.2 Å². The standard InChI is InChI=1S/C30H37N5O8/c1-3-16(2)26(29(41)34-24(30(42)43)12-17-8-10-19(36)11-9-17)35-28(40)23(33-27(39)21(31)14-25(37)38)13-18-15-32-22-7-5-4-6-20(18)22/h4-11,15-16,21,23-24,26,32,36H,3,12-14,31H2,1-2H3,(H,33,39)(H,34,41)(H,35,40)(H,37,38)(H,42,43). The molecule has 13 heteroatoms. The average molecular weight is 596 g/mol. The molecule has 3 amide bonds. The number of carbonyl (C=O) groups excluding carboxylic acids is 3. The summed E-state index contributed by atoms with van der Waals surface area (Å²) in [6.45, 7) is 3.52. The summed E-state index contributed by atoms with van der Waals surface area (Å²) in [5, 5.41) is 36.8. The second-order valence-electron chi connectivity index (χ2n) is 10.5. The highest BCUT2D eigenvalue weighted by atomic mass is 16.4. The first kappa shape index (κ1) is 32.6. The van der Waals surface area contributed by atoms with E-state index in [-0.39, 0.29) is 18.6 Å². The number of aliphatic carboxylic acids is 2. The Labute approximate surface area is 247 Å². The quantitative estimate of drug-likeness (QED) is 0.125. The molecule has 0 fully saturated rings. The summed E-state index contributed by atoms with van der Waals surface area (Å²) in [6, 6.07) is 8.09. The molecule has 2 aromatic carbocycles. The molecule has 0 saturated heterocycles. The number of benzene rings is 2. The van der Waals surface area contributed by atoms with E-state index in [1.54, 1.807) is 32.2 Å². The molecule has 0 aliphatic heterocycles. The average Bonchev–Trinajstić information content (AvgIpc) is 3.37. The zero-order chi connectivity index (χ0) is 31.7. The number of aromatic hydroxyl groups is 1. The van der Waals surface area contributed by atoms with Crippen molar-refractivity contribution in [2.24, 2.45) is 11.7 Å². The fraction of sp³-hybridized carbons (Fsp3) is 0.367. The molecule has 5 atom stereocenters. The summed E-state index contributed by atoms with van der Waals surface area (Å²) in [5.41, 5.74) is 7.79. The van der Waals surface area contributed by atoms with Crippen LogP contribution in [0.1, 0.15) is 37.8 Å². The number of amides is 3. The lowest BCUT2D eigenvalue weighted by Gasteiger charge is -2.28. The third-order valence-corrected chi connectivity index (χ3v) is 7.25. The van der Waals surface area contributed by atoms with Gasteiger partial charge in [-0.25, -0.2) is 4.79 Å². The van der Waals surface area contributed by atoms with Gasteiger partial charge in [-0.15, -0.1) is 0 Å². The molecule has 9 N–H and O–H groups in total. The number of rotatable bonds is 15. The number of hydrogen-bond donors (Lipinski definition) is 8. The molecule has 0 aliphatic carbocycles. The molecule has 43 heavy (non-hydrogen) atoms. The summed E-state index contributed by atoms with van der Waals surface area (Å²) in [4.78, 5) is 66.0. The molecule has 230 valence electrons. The molecule has 5 unspecified atom stereocenters. The van der Waals surface area contributed by atoms with Gasteiger partial charge in [-0.1, -0.05) is 50.6 Å². The number of para-hydroxylation sites is 1. The van der Waals surface area contributed by atoms with Crippen LogP contribution in [0, 0.1) is 5.92 Å². The summed E-state index contributed by atoms with van der Waals surface area (Å²) < 4.78 is 0. The maximum atomic E-state index is 13.7. The number of hydrogen-bond acceptors (Lipinski definition) is 7. The van der Waals surface area contributed by atoms with E-state index in [4.69, 9.17) is 10.8 Å². The molecule has 0 spiro atoms. The topological polar surface area (TPSA) is 224 Å². The van der Waals surface area contributed by atoms with Crippen LogP contribution < -0.4 is 21.7 Å². The van der Waals surface area contributed by atoms with Crippen molar-refractivity contribution < 1.29 is 39.3 Å². The zero-order valence-electron chi connectivity index (χ0n) is 23.9. The van der Waals surface area contributed by atoms with Crippen molar-refractivity contribution in [1.82, 2.24) is 20.9 Å². The van der Waals surface area contributed by atoms with Crippen molar-refractivity contribution in [3.63, 3.8) is 0 Å². The lowest BCUT2D eigenvalue weighted by atomic mass is 9.96. The highest BCUT2D eigenvalue weighted by Crippen LogP contribution is 2.20. The minimum atomic E-state index is -1.42. The number of aromatic nitrogens is 1. The number of carboxylic acids is 2. The summed E-state index contributed by atoms with van der Waals surface area (Å²) >= 11 is 0. The highest BCUT2D eigenvalue weighted by Gasteiger charge is 2.33. The third kappa shape index (κ3) is 9.04. The van der Waals surface area contributed by atoms with Gasteiger partial charge in [-0.05, 0) is 35.2 Å². The van der Waals surface area contributed by atoms with Crippen LogP contribution in [0.2, 0.25) is 0 Å². The van der Waals surface area contributed by atoms with Crippen LogP contribution in [0.5, 0.6) is 5.75 Å². The van der Waals surface area contributed by atoms with Crippen molar-refractivity contribution in [2.75, 3.05) is 0 Å². The van der Waals surface area contributed by atoms with Crippen molar-refractivity contribution in [1.29, 1.82) is 0 Å². The number of fused-ring (bicyclic) bond motifs is 1. The third-order valence-electron chi connectivity index (χ3n) is 7.25. The summed E-state index contributed by atoms with van der Waals surface area (Å²) in [5.74, 6) is -5.29. The Morgan fingerprint density at radius 1 is 0.860 bits per heavy atom. The first-order valence-corrected chi connectivity index (χ1v) is 13.8. The first-order chi connectivity index (χ1) is 20.4. The van der Waals surface area contributed by atoms with Crippen molar-refractivity contribution in [3.05, 3.63) is 65.9 Å². The predicted octanol–water partition coefficient (Wildman–Crippen LogP) is 1.05. The molecule has 0 aliphatic rings. The Balaban J connectivity index is 1.83. The smallest absolute Gasteiger partial charge is 0.326 e. The Bertz CT molecular complexity index is 1450. The van der Waals surface area contributed by atoms with Crippen LogP contribution >= 0.6 is 0 Å². The van der Waals surface area contributed by atoms with Crippen LogP contribution in [0.15, 0.2) is 54.7 Å². The molecule has 0 saturated carbocycles. The van der Waals surface area contributed by atoms with E-state index in [1.165, 1.54) is 12.1 Å². The van der Waals surface area contributed by atoms with E-state index in [0.717, 1.165) is 10.9 Å². The first-order valence-electron chi connectivity index (χ1n) is 13.8. The fourth-order valence-electron chi connectivity index (χ4n) is 4.57. The van der Waals surface area contributed by atoms with Gasteiger partial charge in [-0.3, -0.25) is 19.2 Å². The lowest BCUT2D eigenvalue weighted by Crippen LogP contribution is -2.59. The van der Waals surface area contributed by atoms with Gasteiger partial charge in [0.2, 0.25) is 17.7 Å². The van der Waals surface area contributed by atoms with Crippen LogP contribution in [0.3, 0.4) is 0 Å². The van der Waals surface area contributed by atoms with Gasteiger partial charge in [-0.2, -0.15) is 0 Å². The predicted molar refractivity (Wildman–Crippen MR) is 157 cm³/mol. The van der Waals surface area contributed by atoms with Gasteiger partial charge in [0.25, 0.3) is 0 Å². The molecule has 3 rings (SSSR count). The largest absolute Gasteiger partial charge is 0.508 e. The number of phenols is 1. The van der Waals surface area contributed by atoms with Crippen LogP contribution in [-0.2, 0) is 36.8 Å². The molecule has 1 heterocycles. The number of carbonyl (C=O) groups is 5. The fourth-order valence-corrected chi connectivity index (χ4v) is 4.57. The van der Waals surface area contributed by atoms with E-state index in [0.29, 0.717) is 17.5 Å². The number of aromatic amines is 1. The Hall–Kier alpha value is -4.91. The monoisotopic (exact) mass is 595 g/mol.